The summed E-state index contributed by atoms with van der Waals surface area (Å²) in [4.78, 5) is 18.8. The second kappa shape index (κ2) is 4.90. The molecule has 0 bridgehead atoms. The van der Waals surface area contributed by atoms with Gasteiger partial charge in [0.1, 0.15) is 11.3 Å². The molecule has 2 atom stereocenters. The molecule has 1 saturated heterocycles. The zero-order valence-electron chi connectivity index (χ0n) is 12.0. The maximum absolute atomic E-state index is 12.5. The Morgan fingerprint density at radius 2 is 2.05 bits per heavy atom. The molecular weight excluding hydrogens is 254 g/mol. The number of fused-ring (bicyclic) bond motifs is 1. The van der Waals surface area contributed by atoms with Crippen molar-refractivity contribution in [2.45, 2.75) is 33.0 Å². The Morgan fingerprint density at radius 3 is 2.75 bits per heavy atom. The average molecular weight is 273 g/mol. The molecule has 5 heteroatoms. The number of ether oxygens (including phenoxy) is 1. The number of morpholine rings is 1. The molecule has 1 fully saturated rings. The minimum absolute atomic E-state index is 0.0200. The van der Waals surface area contributed by atoms with Crippen molar-refractivity contribution in [3.8, 4) is 0 Å². The molecule has 1 amide bonds. The van der Waals surface area contributed by atoms with Crippen LogP contribution in [0.15, 0.2) is 24.5 Å². The predicted octanol–water partition coefficient (Wildman–Crippen LogP) is 1.89. The van der Waals surface area contributed by atoms with Crippen LogP contribution in [0.25, 0.3) is 5.65 Å². The molecule has 0 spiro atoms. The number of hydrogen-bond donors (Lipinski definition) is 0. The molecule has 106 valence electrons. The second-order valence-corrected chi connectivity index (χ2v) is 5.56. The zero-order valence-corrected chi connectivity index (χ0v) is 12.0. The topological polar surface area (TPSA) is 46.8 Å². The van der Waals surface area contributed by atoms with Gasteiger partial charge >= 0.3 is 0 Å². The largest absolute Gasteiger partial charge is 0.372 e. The van der Waals surface area contributed by atoms with E-state index in [0.29, 0.717) is 18.8 Å². The SMILES string of the molecule is Cc1ccn2cc(C(=O)N3CC(C)OC(C)C3)nc2c1. The summed E-state index contributed by atoms with van der Waals surface area (Å²) in [6.45, 7) is 7.24. The van der Waals surface area contributed by atoms with E-state index in [0.717, 1.165) is 11.2 Å². The summed E-state index contributed by atoms with van der Waals surface area (Å²) >= 11 is 0. The second-order valence-electron chi connectivity index (χ2n) is 5.56. The molecule has 2 aromatic rings. The summed E-state index contributed by atoms with van der Waals surface area (Å²) in [6.07, 6.45) is 3.87. The van der Waals surface area contributed by atoms with Gasteiger partial charge in [0.25, 0.3) is 5.91 Å². The van der Waals surface area contributed by atoms with Gasteiger partial charge in [-0.2, -0.15) is 0 Å². The van der Waals surface area contributed by atoms with E-state index in [1.165, 1.54) is 0 Å². The number of nitrogens with zero attached hydrogens (tertiary/aromatic N) is 3. The Bertz CT molecular complexity index is 640. The Kier molecular flexibility index (Phi) is 3.22. The lowest BCUT2D eigenvalue weighted by Gasteiger charge is -2.34. The summed E-state index contributed by atoms with van der Waals surface area (Å²) in [7, 11) is 0. The minimum Gasteiger partial charge on any atom is -0.372 e. The first kappa shape index (κ1) is 13.1. The van der Waals surface area contributed by atoms with E-state index in [2.05, 4.69) is 4.98 Å². The van der Waals surface area contributed by atoms with Crippen molar-refractivity contribution in [2.24, 2.45) is 0 Å². The van der Waals surface area contributed by atoms with Crippen LogP contribution in [-0.4, -0.2) is 45.5 Å². The number of imidazole rings is 1. The zero-order chi connectivity index (χ0) is 14.3. The standard InChI is InChI=1S/C15H19N3O2/c1-10-4-5-17-9-13(16-14(17)6-10)15(19)18-7-11(2)20-12(3)8-18/h4-6,9,11-12H,7-8H2,1-3H3. The molecular formula is C15H19N3O2. The van der Waals surface area contributed by atoms with Gasteiger partial charge in [-0.3, -0.25) is 4.79 Å². The molecule has 0 saturated carbocycles. The normalized spacial score (nSPS) is 23.2. The monoisotopic (exact) mass is 273 g/mol. The van der Waals surface area contributed by atoms with Gasteiger partial charge in [0.15, 0.2) is 0 Å². The molecule has 20 heavy (non-hydrogen) atoms. The van der Waals surface area contributed by atoms with Crippen LogP contribution in [0.4, 0.5) is 0 Å². The van der Waals surface area contributed by atoms with Crippen molar-refractivity contribution < 1.29 is 9.53 Å². The van der Waals surface area contributed by atoms with E-state index in [1.54, 1.807) is 6.20 Å². The maximum Gasteiger partial charge on any atom is 0.274 e. The van der Waals surface area contributed by atoms with Crippen LogP contribution >= 0.6 is 0 Å². The Morgan fingerprint density at radius 1 is 1.35 bits per heavy atom. The smallest absolute Gasteiger partial charge is 0.274 e. The van der Waals surface area contributed by atoms with Crippen LogP contribution in [0.2, 0.25) is 0 Å². The number of rotatable bonds is 1. The number of amides is 1. The maximum atomic E-state index is 12.5. The van der Waals surface area contributed by atoms with Gasteiger partial charge in [-0.25, -0.2) is 4.98 Å². The van der Waals surface area contributed by atoms with Crippen molar-refractivity contribution in [1.82, 2.24) is 14.3 Å². The number of aryl methyl sites for hydroxylation is 1. The number of aromatic nitrogens is 2. The highest BCUT2D eigenvalue weighted by Gasteiger charge is 2.27. The van der Waals surface area contributed by atoms with Crippen molar-refractivity contribution >= 4 is 11.6 Å². The van der Waals surface area contributed by atoms with Gasteiger partial charge in [-0.1, -0.05) is 0 Å². The Balaban J connectivity index is 1.88. The van der Waals surface area contributed by atoms with Crippen LogP contribution in [0.3, 0.4) is 0 Å². The average Bonchev–Trinajstić information content (AvgIpc) is 2.79. The van der Waals surface area contributed by atoms with Crippen molar-refractivity contribution in [3.63, 3.8) is 0 Å². The fraction of sp³-hybridized carbons (Fsp3) is 0.467. The highest BCUT2D eigenvalue weighted by molar-refractivity contribution is 5.93. The molecule has 3 heterocycles. The molecule has 2 unspecified atom stereocenters. The summed E-state index contributed by atoms with van der Waals surface area (Å²) in [5.74, 6) is -0.0200. The Hall–Kier alpha value is -1.88. The first-order valence-corrected chi connectivity index (χ1v) is 6.93. The molecule has 5 nitrogen and oxygen atoms in total. The molecule has 3 rings (SSSR count). The number of carbonyl (C=O) groups excluding carboxylic acids is 1. The van der Waals surface area contributed by atoms with Crippen molar-refractivity contribution in [1.29, 1.82) is 0 Å². The Labute approximate surface area is 118 Å². The summed E-state index contributed by atoms with van der Waals surface area (Å²) < 4.78 is 7.54. The molecule has 1 aliphatic heterocycles. The van der Waals surface area contributed by atoms with E-state index in [9.17, 15) is 4.79 Å². The summed E-state index contributed by atoms with van der Waals surface area (Å²) in [5, 5.41) is 0. The van der Waals surface area contributed by atoms with Crippen LogP contribution in [0.1, 0.15) is 29.9 Å². The van der Waals surface area contributed by atoms with E-state index in [-0.39, 0.29) is 18.1 Å². The number of hydrogen-bond acceptors (Lipinski definition) is 3. The first-order chi connectivity index (χ1) is 9.52. The van der Waals surface area contributed by atoms with Crippen LogP contribution in [-0.2, 0) is 4.74 Å². The van der Waals surface area contributed by atoms with Crippen LogP contribution in [0, 0.1) is 6.92 Å². The molecule has 0 radical (unpaired) electrons. The van der Waals surface area contributed by atoms with Gasteiger partial charge in [0.05, 0.1) is 12.2 Å². The molecule has 0 aromatic carbocycles. The van der Waals surface area contributed by atoms with Gasteiger partial charge in [-0.15, -0.1) is 0 Å². The van der Waals surface area contributed by atoms with E-state index >= 15 is 0 Å². The lowest BCUT2D eigenvalue weighted by atomic mass is 10.2. The first-order valence-electron chi connectivity index (χ1n) is 6.93. The third kappa shape index (κ3) is 2.41. The fourth-order valence-electron chi connectivity index (χ4n) is 2.69. The van der Waals surface area contributed by atoms with Gasteiger partial charge in [0, 0.05) is 25.5 Å². The molecule has 2 aromatic heterocycles. The lowest BCUT2D eigenvalue weighted by molar-refractivity contribution is -0.0587. The quantitative estimate of drug-likeness (QED) is 0.797. The highest BCUT2D eigenvalue weighted by atomic mass is 16.5. The number of carbonyl (C=O) groups is 1. The fourth-order valence-corrected chi connectivity index (χ4v) is 2.69. The molecule has 1 aliphatic rings. The third-order valence-corrected chi connectivity index (χ3v) is 3.54. The van der Waals surface area contributed by atoms with Gasteiger partial charge < -0.3 is 14.0 Å². The lowest BCUT2D eigenvalue weighted by Crippen LogP contribution is -2.48. The highest BCUT2D eigenvalue weighted by Crippen LogP contribution is 2.15. The predicted molar refractivity (Wildman–Crippen MR) is 75.8 cm³/mol. The van der Waals surface area contributed by atoms with E-state index in [1.807, 2.05) is 48.4 Å². The van der Waals surface area contributed by atoms with E-state index < -0.39 is 0 Å². The minimum atomic E-state index is -0.0200. The summed E-state index contributed by atoms with van der Waals surface area (Å²) in [6, 6.07) is 3.98. The number of pyridine rings is 1. The van der Waals surface area contributed by atoms with Crippen LogP contribution in [0.5, 0.6) is 0 Å². The third-order valence-electron chi connectivity index (χ3n) is 3.54. The molecule has 0 aliphatic carbocycles. The van der Waals surface area contributed by atoms with Crippen molar-refractivity contribution in [3.05, 3.63) is 35.8 Å². The van der Waals surface area contributed by atoms with Gasteiger partial charge in [0.2, 0.25) is 0 Å². The van der Waals surface area contributed by atoms with Crippen molar-refractivity contribution in [2.75, 3.05) is 13.1 Å². The molecule has 0 N–H and O–H groups in total. The summed E-state index contributed by atoms with van der Waals surface area (Å²) in [5.41, 5.74) is 2.44. The van der Waals surface area contributed by atoms with Crippen LogP contribution < -0.4 is 0 Å². The van der Waals surface area contributed by atoms with E-state index in [4.69, 9.17) is 4.74 Å². The van der Waals surface area contributed by atoms with Gasteiger partial charge in [-0.05, 0) is 38.5 Å².